The predicted molar refractivity (Wildman–Crippen MR) is 82.1 cm³/mol. The van der Waals surface area contributed by atoms with E-state index in [-0.39, 0.29) is 5.41 Å². The van der Waals surface area contributed by atoms with Gasteiger partial charge in [0, 0.05) is 0 Å². The summed E-state index contributed by atoms with van der Waals surface area (Å²) in [6.45, 7) is 8.56. The van der Waals surface area contributed by atoms with Gasteiger partial charge in [-0.25, -0.2) is 9.59 Å². The average molecular weight is 284 g/mol. The Balaban J connectivity index is 2.86. The summed E-state index contributed by atoms with van der Waals surface area (Å²) in [5.74, 6) is 0.300. The predicted octanol–water partition coefficient (Wildman–Crippen LogP) is 4.36. The molecule has 1 atom stereocenters. The number of hydrogen-bond donors (Lipinski definition) is 0. The molecular formula is C17H20N2O2. The number of aliphatic imine (C=N–C) groups is 2. The Hall–Kier alpha value is -2.02. The normalized spacial score (nSPS) is 16.6. The van der Waals surface area contributed by atoms with E-state index in [2.05, 4.69) is 37.7 Å². The highest BCUT2D eigenvalue weighted by atomic mass is 16.1. The highest BCUT2D eigenvalue weighted by molar-refractivity contribution is 5.72. The minimum atomic E-state index is -0.0311. The maximum atomic E-state index is 10.7. The van der Waals surface area contributed by atoms with Gasteiger partial charge in [-0.1, -0.05) is 27.7 Å². The first-order chi connectivity index (χ1) is 9.96. The first kappa shape index (κ1) is 15.4. The minimum absolute atomic E-state index is 0.0311. The van der Waals surface area contributed by atoms with Crippen LogP contribution < -0.4 is 0 Å². The van der Waals surface area contributed by atoms with Crippen molar-refractivity contribution in [2.45, 2.75) is 58.3 Å². The van der Waals surface area contributed by atoms with Crippen LogP contribution in [-0.2, 0) is 21.4 Å². The van der Waals surface area contributed by atoms with Gasteiger partial charge in [-0.2, -0.15) is 9.98 Å². The molecule has 0 saturated heterocycles. The van der Waals surface area contributed by atoms with E-state index in [4.69, 9.17) is 0 Å². The van der Waals surface area contributed by atoms with Gasteiger partial charge in [-0.15, -0.1) is 0 Å². The fraction of sp³-hybridized carbons (Fsp3) is 0.529. The fourth-order valence-electron chi connectivity index (χ4n) is 3.33. The van der Waals surface area contributed by atoms with Crippen molar-refractivity contribution >= 4 is 23.5 Å². The quantitative estimate of drug-likeness (QED) is 0.609. The lowest BCUT2D eigenvalue weighted by molar-refractivity contribution is 0.523. The maximum Gasteiger partial charge on any atom is 0.240 e. The second-order valence-electron chi connectivity index (χ2n) is 6.28. The Labute approximate surface area is 125 Å². The highest BCUT2D eigenvalue weighted by Crippen LogP contribution is 2.50. The monoisotopic (exact) mass is 284 g/mol. The third-order valence-electron chi connectivity index (χ3n) is 4.55. The SMILES string of the molecule is CCC(C)c1c(N=C=O)cc(N=C=O)c2c1CCC2(C)C. The van der Waals surface area contributed by atoms with Gasteiger partial charge in [0.1, 0.15) is 0 Å². The fourth-order valence-corrected chi connectivity index (χ4v) is 3.33. The molecule has 0 N–H and O–H groups in total. The molecule has 0 saturated carbocycles. The smallest absolute Gasteiger partial charge is 0.211 e. The first-order valence-electron chi connectivity index (χ1n) is 7.32. The minimum Gasteiger partial charge on any atom is -0.211 e. The third-order valence-corrected chi connectivity index (χ3v) is 4.55. The number of nitrogens with zero attached hydrogens (tertiary/aromatic N) is 2. The molecule has 1 aliphatic carbocycles. The number of fused-ring (bicyclic) bond motifs is 1. The largest absolute Gasteiger partial charge is 0.240 e. The van der Waals surface area contributed by atoms with E-state index < -0.39 is 0 Å². The van der Waals surface area contributed by atoms with E-state index in [0.29, 0.717) is 17.3 Å². The molecule has 2 rings (SSSR count). The van der Waals surface area contributed by atoms with Crippen LogP contribution in [0.2, 0.25) is 0 Å². The van der Waals surface area contributed by atoms with Crippen LogP contribution in [0.3, 0.4) is 0 Å². The molecule has 0 spiro atoms. The van der Waals surface area contributed by atoms with Crippen LogP contribution in [0.5, 0.6) is 0 Å². The molecular weight excluding hydrogens is 264 g/mol. The van der Waals surface area contributed by atoms with Crippen molar-refractivity contribution in [3.8, 4) is 0 Å². The Morgan fingerprint density at radius 2 is 1.86 bits per heavy atom. The summed E-state index contributed by atoms with van der Waals surface area (Å²) in [6, 6.07) is 1.73. The van der Waals surface area contributed by atoms with Gasteiger partial charge in [-0.05, 0) is 53.4 Å². The molecule has 4 heteroatoms. The van der Waals surface area contributed by atoms with Crippen molar-refractivity contribution in [3.63, 3.8) is 0 Å². The van der Waals surface area contributed by atoms with Gasteiger partial charge in [-0.3, -0.25) is 0 Å². The molecule has 21 heavy (non-hydrogen) atoms. The lowest BCUT2D eigenvalue weighted by Gasteiger charge is -2.23. The summed E-state index contributed by atoms with van der Waals surface area (Å²) in [4.78, 5) is 29.2. The van der Waals surface area contributed by atoms with Crippen molar-refractivity contribution in [2.75, 3.05) is 0 Å². The van der Waals surface area contributed by atoms with Gasteiger partial charge in [0.2, 0.25) is 12.2 Å². The van der Waals surface area contributed by atoms with Crippen molar-refractivity contribution in [2.24, 2.45) is 9.98 Å². The number of benzene rings is 1. The molecule has 0 aromatic heterocycles. The standard InChI is InChI=1S/C17H20N2O2/c1-5-11(2)15-12-6-7-17(3,4)16(12)14(19-10-21)8-13(15)18-9-20/h8,11H,5-7H2,1-4H3. The molecule has 0 amide bonds. The summed E-state index contributed by atoms with van der Waals surface area (Å²) in [5.41, 5.74) is 4.54. The Morgan fingerprint density at radius 1 is 1.24 bits per heavy atom. The zero-order valence-corrected chi connectivity index (χ0v) is 13.0. The van der Waals surface area contributed by atoms with Gasteiger partial charge in [0.05, 0.1) is 11.4 Å². The third kappa shape index (κ3) is 2.61. The van der Waals surface area contributed by atoms with Crippen LogP contribution in [0.25, 0.3) is 0 Å². The zero-order valence-electron chi connectivity index (χ0n) is 13.0. The lowest BCUT2D eigenvalue weighted by Crippen LogP contribution is -2.12. The molecule has 4 nitrogen and oxygen atoms in total. The molecule has 1 aliphatic rings. The molecule has 0 aliphatic heterocycles. The second kappa shape index (κ2) is 5.77. The second-order valence-corrected chi connectivity index (χ2v) is 6.28. The Morgan fingerprint density at radius 3 is 2.43 bits per heavy atom. The highest BCUT2D eigenvalue weighted by Gasteiger charge is 2.36. The van der Waals surface area contributed by atoms with Crippen molar-refractivity contribution < 1.29 is 9.59 Å². The number of carbonyl (C=O) groups excluding carboxylic acids is 2. The summed E-state index contributed by atoms with van der Waals surface area (Å²) < 4.78 is 0. The summed E-state index contributed by atoms with van der Waals surface area (Å²) >= 11 is 0. The van der Waals surface area contributed by atoms with Crippen molar-refractivity contribution in [1.82, 2.24) is 0 Å². The average Bonchev–Trinajstić information content (AvgIpc) is 2.75. The van der Waals surface area contributed by atoms with Crippen LogP contribution in [0, 0.1) is 0 Å². The Bertz CT molecular complexity index is 664. The number of isocyanates is 2. The molecule has 0 fully saturated rings. The molecule has 1 aromatic carbocycles. The maximum absolute atomic E-state index is 10.7. The number of hydrogen-bond acceptors (Lipinski definition) is 4. The van der Waals surface area contributed by atoms with E-state index in [1.807, 2.05) is 0 Å². The van der Waals surface area contributed by atoms with Crippen LogP contribution in [0.15, 0.2) is 16.1 Å². The molecule has 0 heterocycles. The lowest BCUT2D eigenvalue weighted by atomic mass is 9.82. The van der Waals surface area contributed by atoms with E-state index in [9.17, 15) is 9.59 Å². The van der Waals surface area contributed by atoms with E-state index in [1.165, 1.54) is 5.56 Å². The van der Waals surface area contributed by atoms with Gasteiger partial charge in [0.15, 0.2) is 0 Å². The molecule has 0 bridgehead atoms. The van der Waals surface area contributed by atoms with E-state index in [0.717, 1.165) is 30.4 Å². The van der Waals surface area contributed by atoms with Gasteiger partial charge < -0.3 is 0 Å². The summed E-state index contributed by atoms with van der Waals surface area (Å²) in [5, 5.41) is 0. The molecule has 110 valence electrons. The Kier molecular flexibility index (Phi) is 4.22. The van der Waals surface area contributed by atoms with Crippen molar-refractivity contribution in [3.05, 3.63) is 22.8 Å². The molecule has 0 radical (unpaired) electrons. The van der Waals surface area contributed by atoms with Crippen LogP contribution >= 0.6 is 0 Å². The zero-order chi connectivity index (χ0) is 15.6. The van der Waals surface area contributed by atoms with E-state index in [1.54, 1.807) is 18.2 Å². The van der Waals surface area contributed by atoms with Crippen LogP contribution in [0.1, 0.15) is 63.1 Å². The first-order valence-corrected chi connectivity index (χ1v) is 7.32. The topological polar surface area (TPSA) is 58.9 Å². The molecule has 1 aromatic rings. The number of rotatable bonds is 4. The van der Waals surface area contributed by atoms with Crippen molar-refractivity contribution in [1.29, 1.82) is 0 Å². The van der Waals surface area contributed by atoms with Crippen LogP contribution in [0.4, 0.5) is 11.4 Å². The van der Waals surface area contributed by atoms with Gasteiger partial charge in [0.25, 0.3) is 0 Å². The van der Waals surface area contributed by atoms with E-state index >= 15 is 0 Å². The molecule has 1 unspecified atom stereocenters. The van der Waals surface area contributed by atoms with Crippen LogP contribution in [-0.4, -0.2) is 12.2 Å². The van der Waals surface area contributed by atoms with Gasteiger partial charge >= 0.3 is 0 Å². The summed E-state index contributed by atoms with van der Waals surface area (Å²) in [6.07, 6.45) is 6.12. The summed E-state index contributed by atoms with van der Waals surface area (Å²) in [7, 11) is 0.